The van der Waals surface area contributed by atoms with Crippen molar-refractivity contribution in [1.29, 1.82) is 0 Å². The van der Waals surface area contributed by atoms with Crippen molar-refractivity contribution in [3.05, 3.63) is 57.5 Å². The van der Waals surface area contributed by atoms with E-state index in [4.69, 9.17) is 10.2 Å². The summed E-state index contributed by atoms with van der Waals surface area (Å²) >= 11 is 0. The molecule has 8 nitrogen and oxygen atoms in total. The summed E-state index contributed by atoms with van der Waals surface area (Å²) in [5.74, 6) is -1.37. The first-order valence-electron chi connectivity index (χ1n) is 7.64. The number of hydrogen-bond acceptors (Lipinski definition) is 6. The van der Waals surface area contributed by atoms with E-state index in [0.717, 1.165) is 18.2 Å². The quantitative estimate of drug-likeness (QED) is 0.494. The number of nitro benzene ring substituents is 1. The van der Waals surface area contributed by atoms with Crippen molar-refractivity contribution in [3.63, 3.8) is 0 Å². The molecule has 1 amide bonds. The monoisotopic (exact) mass is 387 g/mol. The zero-order valence-electron chi connectivity index (χ0n) is 14.0. The van der Waals surface area contributed by atoms with E-state index >= 15 is 0 Å². The summed E-state index contributed by atoms with van der Waals surface area (Å²) < 4.78 is 45.1. The molecule has 0 bridgehead atoms. The van der Waals surface area contributed by atoms with Gasteiger partial charge < -0.3 is 20.6 Å². The van der Waals surface area contributed by atoms with Gasteiger partial charge in [-0.1, -0.05) is 0 Å². The lowest BCUT2D eigenvalue weighted by molar-refractivity contribution is -0.384. The summed E-state index contributed by atoms with van der Waals surface area (Å²) in [6, 6.07) is 5.57. The number of primary amides is 1. The van der Waals surface area contributed by atoms with Crippen LogP contribution in [0.25, 0.3) is 0 Å². The smallest absolute Gasteiger partial charge is 0.424 e. The fourth-order valence-electron chi connectivity index (χ4n) is 2.42. The Labute approximate surface area is 150 Å². The Morgan fingerprint density at radius 3 is 2.48 bits per heavy atom. The average molecular weight is 387 g/mol. The van der Waals surface area contributed by atoms with Crippen LogP contribution in [0.15, 0.2) is 34.7 Å². The van der Waals surface area contributed by atoms with Crippen molar-refractivity contribution < 1.29 is 32.4 Å². The lowest BCUT2D eigenvalue weighted by Crippen LogP contribution is -2.43. The summed E-state index contributed by atoms with van der Waals surface area (Å²) in [5, 5.41) is 23.7. The number of carbonyl (C=O) groups excluding carboxylic acids is 1. The fraction of sp³-hybridized carbons (Fsp3) is 0.312. The summed E-state index contributed by atoms with van der Waals surface area (Å²) in [7, 11) is 0. The molecule has 4 N–H and O–H groups in total. The maximum absolute atomic E-state index is 13.4. The Hall–Kier alpha value is -3.08. The number of carbonyl (C=O) groups is 1. The second-order valence-corrected chi connectivity index (χ2v) is 5.80. The normalized spacial score (nSPS) is 13.8. The number of nitrogens with zero attached hydrogens (tertiary/aromatic N) is 1. The summed E-state index contributed by atoms with van der Waals surface area (Å²) in [4.78, 5) is 21.4. The van der Waals surface area contributed by atoms with Crippen molar-refractivity contribution in [3.8, 4) is 0 Å². The van der Waals surface area contributed by atoms with Crippen LogP contribution in [-0.2, 0) is 5.60 Å². The molecule has 2 aromatic rings. The van der Waals surface area contributed by atoms with Gasteiger partial charge in [-0.15, -0.1) is 0 Å². The minimum atomic E-state index is -5.03. The van der Waals surface area contributed by atoms with Crippen LogP contribution in [0, 0.1) is 17.0 Å². The number of anilines is 1. The minimum Gasteiger partial charge on any atom is -0.463 e. The van der Waals surface area contributed by atoms with Gasteiger partial charge in [-0.2, -0.15) is 13.2 Å². The third-order valence-electron chi connectivity index (χ3n) is 3.90. The topological polar surface area (TPSA) is 132 Å². The molecule has 0 saturated carbocycles. The Morgan fingerprint density at radius 1 is 1.33 bits per heavy atom. The van der Waals surface area contributed by atoms with Crippen molar-refractivity contribution in [2.75, 3.05) is 11.9 Å². The molecule has 1 unspecified atom stereocenters. The van der Waals surface area contributed by atoms with Crippen molar-refractivity contribution in [1.82, 2.24) is 0 Å². The molecule has 2 rings (SSSR count). The van der Waals surface area contributed by atoms with E-state index in [0.29, 0.717) is 0 Å². The number of aliphatic hydroxyl groups is 1. The highest BCUT2D eigenvalue weighted by Crippen LogP contribution is 2.42. The first-order valence-corrected chi connectivity index (χ1v) is 7.64. The van der Waals surface area contributed by atoms with Crippen LogP contribution in [0.5, 0.6) is 0 Å². The lowest BCUT2D eigenvalue weighted by atomic mass is 9.95. The molecular formula is C16H16F3N3O5. The zero-order valence-corrected chi connectivity index (χ0v) is 14.0. The Bertz CT molecular complexity index is 865. The number of hydrogen-bond donors (Lipinski definition) is 3. The van der Waals surface area contributed by atoms with Gasteiger partial charge in [0.05, 0.1) is 4.92 Å². The standard InChI is InChI=1S/C16H16F3N3O5/c1-9-2-5-13(27-9)15(24,16(17,18)19)6-7-21-11-4-3-10(14(20)23)8-12(11)22(25)26/h2-5,8,21,24H,6-7H2,1H3,(H2,20,23). The van der Waals surface area contributed by atoms with Gasteiger partial charge in [0.1, 0.15) is 17.2 Å². The van der Waals surface area contributed by atoms with Crippen LogP contribution in [0.1, 0.15) is 28.3 Å². The molecule has 0 aliphatic carbocycles. The van der Waals surface area contributed by atoms with Gasteiger partial charge in [0, 0.05) is 24.6 Å². The van der Waals surface area contributed by atoms with E-state index in [1.807, 2.05) is 0 Å². The number of benzene rings is 1. The molecule has 1 heterocycles. The molecule has 27 heavy (non-hydrogen) atoms. The molecule has 1 aromatic carbocycles. The first-order chi connectivity index (χ1) is 12.5. The number of alkyl halides is 3. The highest BCUT2D eigenvalue weighted by atomic mass is 19.4. The number of amides is 1. The predicted molar refractivity (Wildman–Crippen MR) is 88.1 cm³/mol. The van der Waals surface area contributed by atoms with Crippen LogP contribution in [0.2, 0.25) is 0 Å². The third-order valence-corrected chi connectivity index (χ3v) is 3.90. The van der Waals surface area contributed by atoms with Gasteiger partial charge >= 0.3 is 6.18 Å². The molecule has 11 heteroatoms. The maximum Gasteiger partial charge on any atom is 0.424 e. The van der Waals surface area contributed by atoms with Crippen LogP contribution in [0.4, 0.5) is 24.5 Å². The number of rotatable bonds is 7. The molecule has 1 atom stereocenters. The van der Waals surface area contributed by atoms with Crippen molar-refractivity contribution >= 4 is 17.3 Å². The van der Waals surface area contributed by atoms with E-state index in [9.17, 15) is 33.2 Å². The number of halogens is 3. The number of nitrogens with one attached hydrogen (secondary N) is 1. The van der Waals surface area contributed by atoms with Gasteiger partial charge in [-0.05, 0) is 31.2 Å². The van der Waals surface area contributed by atoms with E-state index in [1.165, 1.54) is 19.1 Å². The van der Waals surface area contributed by atoms with Crippen LogP contribution < -0.4 is 11.1 Å². The number of nitro groups is 1. The number of furan rings is 1. The van der Waals surface area contributed by atoms with Crippen LogP contribution in [-0.4, -0.2) is 28.7 Å². The van der Waals surface area contributed by atoms with Gasteiger partial charge in [0.15, 0.2) is 0 Å². The van der Waals surface area contributed by atoms with Crippen molar-refractivity contribution in [2.45, 2.75) is 25.1 Å². The SMILES string of the molecule is Cc1ccc(C(O)(CCNc2ccc(C(N)=O)cc2[N+](=O)[O-])C(F)(F)F)o1. The summed E-state index contributed by atoms with van der Waals surface area (Å²) in [6.45, 7) is 0.967. The molecule has 1 aromatic heterocycles. The van der Waals surface area contributed by atoms with Gasteiger partial charge in [0.25, 0.3) is 5.69 Å². The van der Waals surface area contributed by atoms with Crippen LogP contribution in [0.3, 0.4) is 0 Å². The zero-order chi connectivity index (χ0) is 20.4. The summed E-state index contributed by atoms with van der Waals surface area (Å²) in [6.07, 6.45) is -5.89. The molecular weight excluding hydrogens is 371 g/mol. The summed E-state index contributed by atoms with van der Waals surface area (Å²) in [5.41, 5.74) is 1.01. The van der Waals surface area contributed by atoms with Crippen molar-refractivity contribution in [2.24, 2.45) is 5.73 Å². The Kier molecular flexibility index (Phi) is 5.45. The van der Waals surface area contributed by atoms with Gasteiger partial charge in [-0.3, -0.25) is 14.9 Å². The second kappa shape index (κ2) is 7.27. The molecule has 146 valence electrons. The Balaban J connectivity index is 2.23. The van der Waals surface area contributed by atoms with E-state index in [1.54, 1.807) is 0 Å². The average Bonchev–Trinajstić information content (AvgIpc) is 3.00. The molecule has 0 spiro atoms. The molecule has 0 saturated heterocycles. The van der Waals surface area contributed by atoms with Crippen LogP contribution >= 0.6 is 0 Å². The molecule has 0 fully saturated rings. The first kappa shape index (κ1) is 20.2. The van der Waals surface area contributed by atoms with E-state index in [2.05, 4.69) is 5.32 Å². The highest BCUT2D eigenvalue weighted by Gasteiger charge is 2.56. The lowest BCUT2D eigenvalue weighted by Gasteiger charge is -2.28. The molecule has 0 aliphatic heterocycles. The number of nitrogens with two attached hydrogens (primary N) is 1. The third kappa shape index (κ3) is 4.19. The molecule has 0 aliphatic rings. The Morgan fingerprint density at radius 2 is 2.00 bits per heavy atom. The largest absolute Gasteiger partial charge is 0.463 e. The number of aryl methyl sites for hydroxylation is 1. The fourth-order valence-corrected chi connectivity index (χ4v) is 2.42. The second-order valence-electron chi connectivity index (χ2n) is 5.80. The van der Waals surface area contributed by atoms with Gasteiger partial charge in [0.2, 0.25) is 11.5 Å². The minimum absolute atomic E-state index is 0.120. The highest BCUT2D eigenvalue weighted by molar-refractivity contribution is 5.94. The predicted octanol–water partition coefficient (Wildman–Crippen LogP) is 2.85. The maximum atomic E-state index is 13.4. The van der Waals surface area contributed by atoms with E-state index < -0.39 is 47.0 Å². The van der Waals surface area contributed by atoms with E-state index in [-0.39, 0.29) is 17.0 Å². The van der Waals surface area contributed by atoms with Gasteiger partial charge in [-0.25, -0.2) is 0 Å². The molecule has 0 radical (unpaired) electrons.